The van der Waals surface area contributed by atoms with Gasteiger partial charge < -0.3 is 14.6 Å². The molecule has 2 aliphatic carbocycles. The first kappa shape index (κ1) is 15.5. The monoisotopic (exact) mass is 328 g/mol. The molecule has 0 bridgehead atoms. The summed E-state index contributed by atoms with van der Waals surface area (Å²) in [7, 11) is 0. The highest BCUT2D eigenvalue weighted by Gasteiger charge is 2.44. The van der Waals surface area contributed by atoms with Gasteiger partial charge in [0.1, 0.15) is 0 Å². The summed E-state index contributed by atoms with van der Waals surface area (Å²) >= 11 is 0. The molecule has 0 unspecified atom stereocenters. The minimum atomic E-state index is -2.55. The van der Waals surface area contributed by atoms with Crippen LogP contribution in [0, 0.1) is 0 Å². The van der Waals surface area contributed by atoms with Crippen LogP contribution in [0.15, 0.2) is 0 Å². The number of aliphatic hydroxyl groups is 1. The van der Waals surface area contributed by atoms with Gasteiger partial charge in [-0.05, 0) is 24.8 Å². The number of rotatable bonds is 2. The Morgan fingerprint density at radius 1 is 1.17 bits per heavy atom. The van der Waals surface area contributed by atoms with E-state index >= 15 is 0 Å². The number of nitrogens with zero attached hydrogens (tertiary/aromatic N) is 2. The molecule has 0 aromatic carbocycles. The zero-order valence-electron chi connectivity index (χ0n) is 13.1. The Morgan fingerprint density at radius 3 is 2.52 bits per heavy atom. The second kappa shape index (κ2) is 5.50. The summed E-state index contributed by atoms with van der Waals surface area (Å²) < 4.78 is 40.4. The fourth-order valence-electron chi connectivity index (χ4n) is 4.13. The predicted octanol–water partition coefficient (Wildman–Crippen LogP) is 2.36. The van der Waals surface area contributed by atoms with Crippen molar-refractivity contribution < 1.29 is 23.4 Å². The Hall–Kier alpha value is -1.05. The first-order valence-electron chi connectivity index (χ1n) is 8.38. The van der Waals surface area contributed by atoms with Crippen LogP contribution in [0.3, 0.4) is 0 Å². The van der Waals surface area contributed by atoms with E-state index in [1.54, 1.807) is 0 Å². The van der Waals surface area contributed by atoms with Crippen LogP contribution in [-0.2, 0) is 28.9 Å². The Morgan fingerprint density at radius 2 is 1.87 bits per heavy atom. The van der Waals surface area contributed by atoms with Crippen LogP contribution in [-0.4, -0.2) is 39.8 Å². The van der Waals surface area contributed by atoms with Crippen LogP contribution in [0.25, 0.3) is 0 Å². The van der Waals surface area contributed by atoms with E-state index in [0.29, 0.717) is 38.2 Å². The maximum absolute atomic E-state index is 13.4. The molecule has 5 nitrogen and oxygen atoms in total. The minimum absolute atomic E-state index is 0.0276. The first-order valence-corrected chi connectivity index (χ1v) is 8.38. The van der Waals surface area contributed by atoms with Gasteiger partial charge >= 0.3 is 0 Å². The quantitative estimate of drug-likeness (QED) is 0.905. The second-order valence-electron chi connectivity index (χ2n) is 6.85. The zero-order valence-corrected chi connectivity index (χ0v) is 13.1. The van der Waals surface area contributed by atoms with Gasteiger partial charge in [0.05, 0.1) is 31.6 Å². The lowest BCUT2D eigenvalue weighted by Crippen LogP contribution is -2.38. The van der Waals surface area contributed by atoms with Crippen molar-refractivity contribution in [2.75, 3.05) is 13.2 Å². The Balaban J connectivity index is 1.64. The van der Waals surface area contributed by atoms with Gasteiger partial charge in [-0.3, -0.25) is 4.68 Å². The van der Waals surface area contributed by atoms with Gasteiger partial charge in [0.25, 0.3) is 0 Å². The van der Waals surface area contributed by atoms with Crippen molar-refractivity contribution in [3.8, 4) is 0 Å². The van der Waals surface area contributed by atoms with Gasteiger partial charge in [0, 0.05) is 31.4 Å². The van der Waals surface area contributed by atoms with Gasteiger partial charge in [0.15, 0.2) is 5.79 Å². The van der Waals surface area contributed by atoms with Gasteiger partial charge in [-0.1, -0.05) is 0 Å². The predicted molar refractivity (Wildman–Crippen MR) is 77.3 cm³/mol. The van der Waals surface area contributed by atoms with Crippen LogP contribution in [0.1, 0.15) is 55.1 Å². The van der Waals surface area contributed by atoms with E-state index in [2.05, 4.69) is 5.10 Å². The molecular weight excluding hydrogens is 306 g/mol. The number of fused-ring (bicyclic) bond motifs is 1. The molecular formula is C16H22F2N2O3. The van der Waals surface area contributed by atoms with Gasteiger partial charge in [-0.15, -0.1) is 0 Å². The topological polar surface area (TPSA) is 56.5 Å². The Kier molecular flexibility index (Phi) is 3.70. The van der Waals surface area contributed by atoms with Crippen LogP contribution >= 0.6 is 0 Å². The molecule has 1 aromatic rings. The largest absolute Gasteiger partial charge is 0.390 e. The molecule has 1 saturated heterocycles. The van der Waals surface area contributed by atoms with Crippen molar-refractivity contribution >= 4 is 0 Å². The number of hydrogen-bond acceptors (Lipinski definition) is 4. The summed E-state index contributed by atoms with van der Waals surface area (Å²) in [6.45, 7) is 1.06. The summed E-state index contributed by atoms with van der Waals surface area (Å²) in [5.41, 5.74) is 2.72. The molecule has 128 valence electrons. The van der Waals surface area contributed by atoms with Crippen molar-refractivity contribution in [1.82, 2.24) is 9.78 Å². The Labute approximate surface area is 133 Å². The lowest BCUT2D eigenvalue weighted by Gasteiger charge is -2.34. The molecule has 23 heavy (non-hydrogen) atoms. The van der Waals surface area contributed by atoms with Crippen molar-refractivity contribution in [3.05, 3.63) is 17.0 Å². The third kappa shape index (κ3) is 2.68. The standard InChI is InChI=1S/C16H22F2N2O3/c17-15(18)4-1-11(2-5-15)20-14-9-16(22-7-8-23-16)6-3-12(14)13(10-21)19-20/h11,21H,1-10H2. The molecule has 2 heterocycles. The molecule has 0 atom stereocenters. The van der Waals surface area contributed by atoms with E-state index in [1.807, 2.05) is 4.68 Å². The number of aliphatic hydroxyl groups excluding tert-OH is 1. The first-order chi connectivity index (χ1) is 11.0. The zero-order chi connectivity index (χ0) is 16.1. The average Bonchev–Trinajstić information content (AvgIpc) is 3.12. The normalized spacial score (nSPS) is 26.6. The van der Waals surface area contributed by atoms with E-state index in [-0.39, 0.29) is 25.5 Å². The van der Waals surface area contributed by atoms with E-state index in [1.165, 1.54) is 0 Å². The minimum Gasteiger partial charge on any atom is -0.390 e. The highest BCUT2D eigenvalue weighted by molar-refractivity contribution is 5.31. The number of halogens is 2. The molecule has 2 fully saturated rings. The van der Waals surface area contributed by atoms with Crippen LogP contribution in [0.2, 0.25) is 0 Å². The maximum atomic E-state index is 13.4. The summed E-state index contributed by atoms with van der Waals surface area (Å²) in [6.07, 6.45) is 2.72. The van der Waals surface area contributed by atoms with E-state index in [4.69, 9.17) is 9.47 Å². The van der Waals surface area contributed by atoms with E-state index in [9.17, 15) is 13.9 Å². The number of aromatic nitrogens is 2. The van der Waals surface area contributed by atoms with Crippen LogP contribution in [0.4, 0.5) is 8.78 Å². The van der Waals surface area contributed by atoms with Crippen LogP contribution < -0.4 is 0 Å². The fourth-order valence-corrected chi connectivity index (χ4v) is 4.13. The third-order valence-corrected chi connectivity index (χ3v) is 5.39. The summed E-state index contributed by atoms with van der Waals surface area (Å²) in [5.74, 6) is -3.14. The third-order valence-electron chi connectivity index (χ3n) is 5.39. The smallest absolute Gasteiger partial charge is 0.248 e. The van der Waals surface area contributed by atoms with Crippen molar-refractivity contribution in [2.45, 2.75) is 69.3 Å². The highest BCUT2D eigenvalue weighted by atomic mass is 19.3. The highest BCUT2D eigenvalue weighted by Crippen LogP contribution is 2.42. The molecule has 3 aliphatic rings. The van der Waals surface area contributed by atoms with E-state index in [0.717, 1.165) is 24.1 Å². The molecule has 1 aromatic heterocycles. The molecule has 1 aliphatic heterocycles. The molecule has 1 saturated carbocycles. The second-order valence-corrected chi connectivity index (χ2v) is 6.85. The SMILES string of the molecule is OCc1nn(C2CCC(F)(F)CC2)c2c1CCC1(C2)OCCO1. The van der Waals surface area contributed by atoms with Crippen molar-refractivity contribution in [2.24, 2.45) is 0 Å². The van der Waals surface area contributed by atoms with Gasteiger partial charge in [-0.2, -0.15) is 5.10 Å². The number of hydrogen-bond donors (Lipinski definition) is 1. The lowest BCUT2D eigenvalue weighted by molar-refractivity contribution is -0.165. The molecule has 4 rings (SSSR count). The molecule has 1 N–H and O–H groups in total. The van der Waals surface area contributed by atoms with E-state index < -0.39 is 11.7 Å². The molecule has 0 radical (unpaired) electrons. The lowest BCUT2D eigenvalue weighted by atomic mass is 9.88. The summed E-state index contributed by atoms with van der Waals surface area (Å²) in [4.78, 5) is 0. The maximum Gasteiger partial charge on any atom is 0.248 e. The molecule has 0 amide bonds. The summed E-state index contributed by atoms with van der Waals surface area (Å²) in [6, 6.07) is -0.0276. The fraction of sp³-hybridized carbons (Fsp3) is 0.812. The van der Waals surface area contributed by atoms with Gasteiger partial charge in [0.2, 0.25) is 5.92 Å². The average molecular weight is 328 g/mol. The Bertz CT molecular complexity index is 586. The van der Waals surface area contributed by atoms with Gasteiger partial charge in [-0.25, -0.2) is 8.78 Å². The van der Waals surface area contributed by atoms with Crippen molar-refractivity contribution in [1.29, 1.82) is 0 Å². The molecule has 7 heteroatoms. The number of ether oxygens (including phenoxy) is 2. The number of alkyl halides is 2. The summed E-state index contributed by atoms with van der Waals surface area (Å²) in [5, 5.41) is 14.1. The molecule has 1 spiro atoms. The van der Waals surface area contributed by atoms with Crippen LogP contribution in [0.5, 0.6) is 0 Å². The van der Waals surface area contributed by atoms with Crippen molar-refractivity contribution in [3.63, 3.8) is 0 Å².